The number of anilines is 1. The molecule has 0 spiro atoms. The summed E-state index contributed by atoms with van der Waals surface area (Å²) in [5, 5.41) is 5.29. The Kier molecular flexibility index (Phi) is 4.32. The lowest BCUT2D eigenvalue weighted by Gasteiger charge is -2.08. The standard InChI is InChI=1S/C15H11ClN4O3S/c16-8-1-2-11-10(5-8)15(23)20(7-18-11)6-12(21)19-14-9(13(17)22)3-4-24-14/h1-5,7H,6H2,(H2,17,22)(H,19,21). The van der Waals surface area contributed by atoms with Gasteiger partial charge in [-0.1, -0.05) is 11.6 Å². The number of amides is 2. The molecule has 0 unspecified atom stereocenters. The first-order chi connectivity index (χ1) is 11.5. The molecule has 3 N–H and O–H groups in total. The molecule has 2 amide bonds. The molecule has 0 saturated carbocycles. The van der Waals surface area contributed by atoms with Crippen LogP contribution in [0.25, 0.3) is 10.9 Å². The SMILES string of the molecule is NC(=O)c1ccsc1NC(=O)Cn1cnc2ccc(Cl)cc2c1=O. The van der Waals surface area contributed by atoms with E-state index >= 15 is 0 Å². The van der Waals surface area contributed by atoms with Crippen molar-refractivity contribution in [3.05, 3.63) is 56.9 Å². The smallest absolute Gasteiger partial charge is 0.261 e. The van der Waals surface area contributed by atoms with Crippen molar-refractivity contribution >= 4 is 50.7 Å². The van der Waals surface area contributed by atoms with Crippen LogP contribution in [0.2, 0.25) is 5.02 Å². The summed E-state index contributed by atoms with van der Waals surface area (Å²) < 4.78 is 1.17. The van der Waals surface area contributed by atoms with Crippen LogP contribution in [0, 0.1) is 0 Å². The highest BCUT2D eigenvalue weighted by Gasteiger charge is 2.14. The molecule has 3 aromatic rings. The molecule has 0 aliphatic carbocycles. The predicted molar refractivity (Wildman–Crippen MR) is 92.5 cm³/mol. The zero-order valence-electron chi connectivity index (χ0n) is 12.2. The monoisotopic (exact) mass is 362 g/mol. The van der Waals surface area contributed by atoms with Gasteiger partial charge in [-0.3, -0.25) is 19.0 Å². The van der Waals surface area contributed by atoms with Crippen LogP contribution in [0.1, 0.15) is 10.4 Å². The average molecular weight is 363 g/mol. The third kappa shape index (κ3) is 3.15. The van der Waals surface area contributed by atoms with Crippen LogP contribution < -0.4 is 16.6 Å². The van der Waals surface area contributed by atoms with Crippen LogP contribution in [-0.2, 0) is 11.3 Å². The van der Waals surface area contributed by atoms with Gasteiger partial charge in [-0.25, -0.2) is 4.98 Å². The van der Waals surface area contributed by atoms with Crippen molar-refractivity contribution in [2.75, 3.05) is 5.32 Å². The fourth-order valence-electron chi connectivity index (χ4n) is 2.16. The van der Waals surface area contributed by atoms with E-state index in [0.29, 0.717) is 20.9 Å². The molecule has 0 fully saturated rings. The van der Waals surface area contributed by atoms with Gasteiger partial charge in [0, 0.05) is 5.02 Å². The Labute approximate surface area is 144 Å². The van der Waals surface area contributed by atoms with E-state index in [9.17, 15) is 14.4 Å². The zero-order chi connectivity index (χ0) is 17.3. The molecule has 122 valence electrons. The van der Waals surface area contributed by atoms with Crippen LogP contribution in [0.5, 0.6) is 0 Å². The number of halogens is 1. The highest BCUT2D eigenvalue weighted by molar-refractivity contribution is 7.14. The van der Waals surface area contributed by atoms with E-state index in [-0.39, 0.29) is 17.7 Å². The number of primary amides is 1. The molecule has 3 rings (SSSR count). The number of fused-ring (bicyclic) bond motifs is 1. The summed E-state index contributed by atoms with van der Waals surface area (Å²) in [6, 6.07) is 6.29. The Balaban J connectivity index is 1.85. The normalized spacial score (nSPS) is 10.7. The summed E-state index contributed by atoms with van der Waals surface area (Å²) in [5.41, 5.74) is 5.57. The largest absolute Gasteiger partial charge is 0.366 e. The van der Waals surface area contributed by atoms with Crippen molar-refractivity contribution < 1.29 is 9.59 Å². The van der Waals surface area contributed by atoms with Crippen LogP contribution in [-0.4, -0.2) is 21.4 Å². The number of nitrogens with one attached hydrogen (secondary N) is 1. The van der Waals surface area contributed by atoms with E-state index in [2.05, 4.69) is 10.3 Å². The molecule has 1 aromatic carbocycles. The first-order valence-corrected chi connectivity index (χ1v) is 8.03. The number of nitrogens with zero attached hydrogens (tertiary/aromatic N) is 2. The Morgan fingerprint density at radius 2 is 2.12 bits per heavy atom. The Bertz CT molecular complexity index is 1010. The Morgan fingerprint density at radius 1 is 1.33 bits per heavy atom. The lowest BCUT2D eigenvalue weighted by Crippen LogP contribution is -2.28. The van der Waals surface area contributed by atoms with Gasteiger partial charge in [-0.2, -0.15) is 0 Å². The minimum absolute atomic E-state index is 0.226. The van der Waals surface area contributed by atoms with Crippen LogP contribution in [0.4, 0.5) is 5.00 Å². The highest BCUT2D eigenvalue weighted by Crippen LogP contribution is 2.22. The van der Waals surface area contributed by atoms with Crippen molar-refractivity contribution in [3.8, 4) is 0 Å². The van der Waals surface area contributed by atoms with Crippen molar-refractivity contribution in [3.63, 3.8) is 0 Å². The molecule has 0 bridgehead atoms. The van der Waals surface area contributed by atoms with Crippen molar-refractivity contribution in [1.82, 2.24) is 9.55 Å². The van der Waals surface area contributed by atoms with E-state index < -0.39 is 11.8 Å². The van der Waals surface area contributed by atoms with Gasteiger partial charge in [0.2, 0.25) is 5.91 Å². The molecular weight excluding hydrogens is 352 g/mol. The fourth-order valence-corrected chi connectivity index (χ4v) is 3.15. The average Bonchev–Trinajstić information content (AvgIpc) is 2.99. The van der Waals surface area contributed by atoms with E-state index in [1.54, 1.807) is 17.5 Å². The second-order valence-corrected chi connectivity index (χ2v) is 6.27. The third-order valence-corrected chi connectivity index (χ3v) is 4.35. The maximum atomic E-state index is 12.4. The van der Waals surface area contributed by atoms with Crippen molar-refractivity contribution in [2.24, 2.45) is 5.73 Å². The molecule has 0 aliphatic heterocycles. The molecule has 24 heavy (non-hydrogen) atoms. The van der Waals surface area contributed by atoms with Crippen molar-refractivity contribution in [1.29, 1.82) is 0 Å². The molecule has 0 atom stereocenters. The van der Waals surface area contributed by atoms with Gasteiger partial charge in [0.1, 0.15) is 11.5 Å². The van der Waals surface area contributed by atoms with Crippen molar-refractivity contribution in [2.45, 2.75) is 6.54 Å². The number of carbonyl (C=O) groups excluding carboxylic acids is 2. The molecule has 0 aliphatic rings. The summed E-state index contributed by atoms with van der Waals surface area (Å²) in [4.78, 5) is 39.9. The molecule has 0 radical (unpaired) electrons. The van der Waals surface area contributed by atoms with E-state index in [4.69, 9.17) is 17.3 Å². The van der Waals surface area contributed by atoms with Gasteiger partial charge in [-0.05, 0) is 29.6 Å². The first kappa shape index (κ1) is 16.2. The third-order valence-electron chi connectivity index (χ3n) is 3.28. The second kappa shape index (κ2) is 6.42. The van der Waals surface area contributed by atoms with Gasteiger partial charge < -0.3 is 11.1 Å². The topological polar surface area (TPSA) is 107 Å². The van der Waals surface area contributed by atoms with Crippen LogP contribution in [0.15, 0.2) is 40.8 Å². The van der Waals surface area contributed by atoms with Gasteiger partial charge >= 0.3 is 0 Å². The molecule has 2 aromatic heterocycles. The van der Waals surface area contributed by atoms with E-state index in [1.165, 1.54) is 34.4 Å². The summed E-state index contributed by atoms with van der Waals surface area (Å²) in [6.07, 6.45) is 1.29. The summed E-state index contributed by atoms with van der Waals surface area (Å²) >= 11 is 7.07. The van der Waals surface area contributed by atoms with Gasteiger partial charge in [0.25, 0.3) is 11.5 Å². The number of hydrogen-bond donors (Lipinski definition) is 2. The van der Waals surface area contributed by atoms with Crippen LogP contribution >= 0.6 is 22.9 Å². The molecule has 9 heteroatoms. The number of aromatic nitrogens is 2. The van der Waals surface area contributed by atoms with E-state index in [1.807, 2.05) is 0 Å². The summed E-state index contributed by atoms with van der Waals surface area (Å²) in [5.74, 6) is -1.10. The minimum atomic E-state index is -0.634. The number of hydrogen-bond acceptors (Lipinski definition) is 5. The number of nitrogens with two attached hydrogens (primary N) is 1. The Hall–Kier alpha value is -2.71. The summed E-state index contributed by atoms with van der Waals surface area (Å²) in [7, 11) is 0. The molecule has 2 heterocycles. The molecular formula is C15H11ClN4O3S. The predicted octanol–water partition coefficient (Wildman–Crippen LogP) is 1.85. The highest BCUT2D eigenvalue weighted by atomic mass is 35.5. The maximum Gasteiger partial charge on any atom is 0.261 e. The first-order valence-electron chi connectivity index (χ1n) is 6.77. The quantitative estimate of drug-likeness (QED) is 0.738. The van der Waals surface area contributed by atoms with Crippen LogP contribution in [0.3, 0.4) is 0 Å². The van der Waals surface area contributed by atoms with E-state index in [0.717, 1.165) is 0 Å². The summed E-state index contributed by atoms with van der Waals surface area (Å²) in [6.45, 7) is -0.246. The van der Waals surface area contributed by atoms with Gasteiger partial charge in [0.15, 0.2) is 0 Å². The molecule has 0 saturated heterocycles. The number of thiophene rings is 1. The number of carbonyl (C=O) groups is 2. The number of rotatable bonds is 4. The van der Waals surface area contributed by atoms with Gasteiger partial charge in [0.05, 0.1) is 22.8 Å². The lowest BCUT2D eigenvalue weighted by atomic mass is 10.2. The second-order valence-electron chi connectivity index (χ2n) is 4.91. The fraction of sp³-hybridized carbons (Fsp3) is 0.0667. The van der Waals surface area contributed by atoms with Gasteiger partial charge in [-0.15, -0.1) is 11.3 Å². The number of benzene rings is 1. The molecule has 7 nitrogen and oxygen atoms in total. The zero-order valence-corrected chi connectivity index (χ0v) is 13.7. The lowest BCUT2D eigenvalue weighted by molar-refractivity contribution is -0.116. The maximum absolute atomic E-state index is 12.4. The Morgan fingerprint density at radius 3 is 2.88 bits per heavy atom. The minimum Gasteiger partial charge on any atom is -0.366 e.